The van der Waals surface area contributed by atoms with Gasteiger partial charge in [-0.25, -0.2) is 0 Å². The second kappa shape index (κ2) is 12.3. The fourth-order valence-corrected chi connectivity index (χ4v) is 3.65. The lowest BCUT2D eigenvalue weighted by atomic mass is 10.1. The van der Waals surface area contributed by atoms with Gasteiger partial charge in [0.15, 0.2) is 0 Å². The van der Waals surface area contributed by atoms with Crippen molar-refractivity contribution in [3.05, 3.63) is 84.2 Å². The summed E-state index contributed by atoms with van der Waals surface area (Å²) in [5.41, 5.74) is 2.53. The van der Waals surface area contributed by atoms with Gasteiger partial charge in [-0.05, 0) is 60.8 Å². The van der Waals surface area contributed by atoms with Crippen molar-refractivity contribution in [3.8, 4) is 11.5 Å². The van der Waals surface area contributed by atoms with Gasteiger partial charge in [0.2, 0.25) is 0 Å². The summed E-state index contributed by atoms with van der Waals surface area (Å²) in [7, 11) is 1.64. The van der Waals surface area contributed by atoms with Crippen molar-refractivity contribution in [3.63, 3.8) is 0 Å². The molecule has 0 bridgehead atoms. The van der Waals surface area contributed by atoms with Crippen molar-refractivity contribution in [2.24, 2.45) is 5.92 Å². The predicted octanol–water partition coefficient (Wildman–Crippen LogP) is 4.83. The van der Waals surface area contributed by atoms with Crippen LogP contribution in [0.25, 0.3) is 0 Å². The lowest BCUT2D eigenvalue weighted by molar-refractivity contribution is 0.0631. The number of nitrogens with zero attached hydrogens (tertiary/aromatic N) is 2. The third-order valence-electron chi connectivity index (χ3n) is 5.50. The normalized spacial score (nSPS) is 12.3. The zero-order chi connectivity index (χ0) is 22.8. The maximum Gasteiger partial charge on any atom is 0.119 e. The van der Waals surface area contributed by atoms with Crippen LogP contribution in [0.4, 0.5) is 0 Å². The van der Waals surface area contributed by atoms with Gasteiger partial charge in [-0.3, -0.25) is 4.90 Å². The molecule has 0 amide bonds. The fourth-order valence-electron chi connectivity index (χ4n) is 3.65. The molecule has 0 radical (unpaired) electrons. The highest BCUT2D eigenvalue weighted by molar-refractivity contribution is 5.31. The number of aromatic nitrogens is 1. The number of methoxy groups -OCH3 is 1. The predicted molar refractivity (Wildman–Crippen MR) is 129 cm³/mol. The van der Waals surface area contributed by atoms with Gasteiger partial charge in [0.25, 0.3) is 0 Å². The van der Waals surface area contributed by atoms with Crippen LogP contribution < -0.4 is 9.47 Å². The van der Waals surface area contributed by atoms with Crippen LogP contribution in [0.3, 0.4) is 0 Å². The van der Waals surface area contributed by atoms with Crippen molar-refractivity contribution in [1.29, 1.82) is 0 Å². The molecule has 3 aromatic rings. The Morgan fingerprint density at radius 1 is 0.938 bits per heavy atom. The number of ether oxygens (including phenoxy) is 2. The Hall–Kier alpha value is -2.76. The van der Waals surface area contributed by atoms with Crippen molar-refractivity contribution < 1.29 is 14.6 Å². The number of rotatable bonds is 13. The minimum Gasteiger partial charge on any atom is -0.497 e. The first-order valence-electron chi connectivity index (χ1n) is 11.4. The molecule has 0 saturated carbocycles. The molecule has 0 spiro atoms. The molecule has 1 unspecified atom stereocenters. The summed E-state index contributed by atoms with van der Waals surface area (Å²) in [5, 5.41) is 10.7. The van der Waals surface area contributed by atoms with Crippen LogP contribution in [0.1, 0.15) is 31.5 Å². The van der Waals surface area contributed by atoms with Crippen molar-refractivity contribution >= 4 is 0 Å². The first kappa shape index (κ1) is 23.9. The molecule has 5 heteroatoms. The standard InChI is InChI=1S/C27H36N2O3/c1-22(2)15-17-28(20-25(30)21-32-27-13-11-26(31-3)12-14-27)19-24-10-7-16-29(24)18-23-8-5-4-6-9-23/h4-14,16,22,25,30H,15,17-21H2,1-3H3. The summed E-state index contributed by atoms with van der Waals surface area (Å²) in [6.07, 6.45) is 2.65. The lowest BCUT2D eigenvalue weighted by Gasteiger charge is -2.26. The summed E-state index contributed by atoms with van der Waals surface area (Å²) in [6.45, 7) is 7.89. The van der Waals surface area contributed by atoms with Gasteiger partial charge in [0.05, 0.1) is 7.11 Å². The third kappa shape index (κ3) is 7.74. The van der Waals surface area contributed by atoms with Crippen LogP contribution >= 0.6 is 0 Å². The van der Waals surface area contributed by atoms with E-state index in [1.54, 1.807) is 7.11 Å². The van der Waals surface area contributed by atoms with E-state index in [1.807, 2.05) is 30.3 Å². The molecule has 0 fully saturated rings. The van der Waals surface area contributed by atoms with E-state index in [0.717, 1.165) is 37.6 Å². The van der Waals surface area contributed by atoms with E-state index in [-0.39, 0.29) is 6.61 Å². The Bertz CT molecular complexity index is 906. The molecule has 1 atom stereocenters. The van der Waals surface area contributed by atoms with Crippen LogP contribution in [0, 0.1) is 5.92 Å². The molecule has 0 aliphatic heterocycles. The highest BCUT2D eigenvalue weighted by Gasteiger charge is 2.15. The SMILES string of the molecule is COc1ccc(OCC(O)CN(CCC(C)C)Cc2cccn2Cc2ccccc2)cc1. The maximum absolute atomic E-state index is 10.7. The summed E-state index contributed by atoms with van der Waals surface area (Å²) in [4.78, 5) is 2.33. The highest BCUT2D eigenvalue weighted by atomic mass is 16.5. The first-order valence-corrected chi connectivity index (χ1v) is 11.4. The second-order valence-corrected chi connectivity index (χ2v) is 8.67. The van der Waals surface area contributed by atoms with Crippen molar-refractivity contribution in [2.75, 3.05) is 26.8 Å². The summed E-state index contributed by atoms with van der Waals surface area (Å²) in [5.74, 6) is 2.13. The van der Waals surface area contributed by atoms with E-state index in [4.69, 9.17) is 9.47 Å². The lowest BCUT2D eigenvalue weighted by Crippen LogP contribution is -2.36. The van der Waals surface area contributed by atoms with Gasteiger partial charge in [-0.15, -0.1) is 0 Å². The van der Waals surface area contributed by atoms with Crippen molar-refractivity contribution in [1.82, 2.24) is 9.47 Å². The molecule has 0 aliphatic rings. The Balaban J connectivity index is 1.59. The van der Waals surface area contributed by atoms with E-state index in [1.165, 1.54) is 11.3 Å². The Morgan fingerprint density at radius 3 is 2.34 bits per heavy atom. The molecule has 5 nitrogen and oxygen atoms in total. The van der Waals surface area contributed by atoms with Gasteiger partial charge in [0.1, 0.15) is 24.2 Å². The van der Waals surface area contributed by atoms with Gasteiger partial charge >= 0.3 is 0 Å². The number of benzene rings is 2. The highest BCUT2D eigenvalue weighted by Crippen LogP contribution is 2.18. The van der Waals surface area contributed by atoms with Crippen LogP contribution in [-0.2, 0) is 13.1 Å². The van der Waals surface area contributed by atoms with Crippen LogP contribution in [-0.4, -0.2) is 47.5 Å². The van der Waals surface area contributed by atoms with Gasteiger partial charge in [-0.2, -0.15) is 0 Å². The number of hydrogen-bond acceptors (Lipinski definition) is 4. The van der Waals surface area contributed by atoms with Gasteiger partial charge < -0.3 is 19.1 Å². The molecule has 1 N–H and O–H groups in total. The third-order valence-corrected chi connectivity index (χ3v) is 5.50. The van der Waals surface area contributed by atoms with E-state index in [2.05, 4.69) is 65.9 Å². The molecule has 172 valence electrons. The topological polar surface area (TPSA) is 46.9 Å². The first-order chi connectivity index (χ1) is 15.5. The molecule has 32 heavy (non-hydrogen) atoms. The molecular weight excluding hydrogens is 400 g/mol. The van der Waals surface area contributed by atoms with E-state index in [0.29, 0.717) is 12.5 Å². The largest absolute Gasteiger partial charge is 0.497 e. The Kier molecular flexibility index (Phi) is 9.20. The minimum atomic E-state index is -0.568. The Labute approximate surface area is 192 Å². The quantitative estimate of drug-likeness (QED) is 0.417. The zero-order valence-corrected chi connectivity index (χ0v) is 19.5. The number of hydrogen-bond donors (Lipinski definition) is 1. The maximum atomic E-state index is 10.7. The smallest absolute Gasteiger partial charge is 0.119 e. The van der Waals surface area contributed by atoms with E-state index >= 15 is 0 Å². The average Bonchev–Trinajstić information content (AvgIpc) is 3.23. The summed E-state index contributed by atoms with van der Waals surface area (Å²) < 4.78 is 13.3. The molecule has 0 saturated heterocycles. The molecule has 0 aliphatic carbocycles. The molecule has 2 aromatic carbocycles. The molecular formula is C27H36N2O3. The van der Waals surface area contributed by atoms with Crippen LogP contribution in [0.15, 0.2) is 72.9 Å². The summed E-state index contributed by atoms with van der Waals surface area (Å²) >= 11 is 0. The van der Waals surface area contributed by atoms with Gasteiger partial charge in [0, 0.05) is 31.5 Å². The van der Waals surface area contributed by atoms with Gasteiger partial charge in [-0.1, -0.05) is 44.2 Å². The zero-order valence-electron chi connectivity index (χ0n) is 19.5. The van der Waals surface area contributed by atoms with Crippen LogP contribution in [0.2, 0.25) is 0 Å². The monoisotopic (exact) mass is 436 g/mol. The molecule has 1 heterocycles. The van der Waals surface area contributed by atoms with Crippen molar-refractivity contribution in [2.45, 2.75) is 39.5 Å². The van der Waals surface area contributed by atoms with Crippen LogP contribution in [0.5, 0.6) is 11.5 Å². The molecule has 1 aromatic heterocycles. The minimum absolute atomic E-state index is 0.259. The molecule has 3 rings (SSSR count). The van der Waals surface area contributed by atoms with E-state index in [9.17, 15) is 5.11 Å². The number of aliphatic hydroxyl groups excluding tert-OH is 1. The second-order valence-electron chi connectivity index (χ2n) is 8.67. The fraction of sp³-hybridized carbons (Fsp3) is 0.407. The summed E-state index contributed by atoms with van der Waals surface area (Å²) in [6, 6.07) is 22.2. The average molecular weight is 437 g/mol. The number of aliphatic hydroxyl groups is 1. The van der Waals surface area contributed by atoms with E-state index < -0.39 is 6.10 Å². The Morgan fingerprint density at radius 2 is 1.66 bits per heavy atom.